The third kappa shape index (κ3) is 4.80. The Hall–Kier alpha value is -3.36. The van der Waals surface area contributed by atoms with Crippen molar-refractivity contribution in [3.63, 3.8) is 0 Å². The minimum atomic E-state index is -1.43. The van der Waals surface area contributed by atoms with Crippen LogP contribution in [0.25, 0.3) is 0 Å². The maximum absolute atomic E-state index is 13.6. The Morgan fingerprint density at radius 3 is 2.72 bits per heavy atom. The second kappa shape index (κ2) is 9.99. The maximum Gasteiger partial charge on any atom is 0.410 e. The molecule has 1 aromatic carbocycles. The number of amides is 2. The van der Waals surface area contributed by atoms with Gasteiger partial charge in [0.1, 0.15) is 17.7 Å². The lowest BCUT2D eigenvalue weighted by Crippen LogP contribution is -2.56. The molecule has 10 nitrogen and oxygen atoms in total. The molecule has 0 N–H and O–H groups in total. The van der Waals surface area contributed by atoms with E-state index in [0.29, 0.717) is 44.7 Å². The van der Waals surface area contributed by atoms with Gasteiger partial charge in [0, 0.05) is 55.5 Å². The standard InChI is InChI=1S/C28H34N6O4S/c1-27(2,3)38-26(36)34-15-14-33(17-18(34)11-13-29)23-19-10-12-28(16-21(19)30-25(31-23)39(5)37)20-8-6-7-9-22(20)32(4)24(28)35/h6-9,18H,10-12,14-17H2,1-5H3/t18-,28?,39?/m0/s1. The molecule has 0 bridgehead atoms. The van der Waals surface area contributed by atoms with E-state index in [4.69, 9.17) is 14.7 Å². The molecule has 39 heavy (non-hydrogen) atoms. The first-order valence-corrected chi connectivity index (χ1v) is 14.7. The Morgan fingerprint density at radius 1 is 1.28 bits per heavy atom. The lowest BCUT2D eigenvalue weighted by molar-refractivity contribution is -0.123. The number of benzene rings is 1. The van der Waals surface area contributed by atoms with Crippen molar-refractivity contribution in [1.29, 1.82) is 5.26 Å². The summed E-state index contributed by atoms with van der Waals surface area (Å²) >= 11 is -1.43. The molecule has 1 fully saturated rings. The van der Waals surface area contributed by atoms with Gasteiger partial charge in [-0.2, -0.15) is 15.2 Å². The number of aromatic nitrogens is 2. The fourth-order valence-electron chi connectivity index (χ4n) is 6.02. The molecule has 1 aromatic heterocycles. The molecule has 1 saturated heterocycles. The van der Waals surface area contributed by atoms with Crippen LogP contribution in [-0.4, -0.2) is 76.0 Å². The minimum absolute atomic E-state index is 0.0498. The van der Waals surface area contributed by atoms with Gasteiger partial charge in [-0.1, -0.05) is 18.2 Å². The number of nitriles is 1. The van der Waals surface area contributed by atoms with Crippen molar-refractivity contribution in [1.82, 2.24) is 14.9 Å². The molecule has 0 saturated carbocycles. The van der Waals surface area contributed by atoms with Crippen molar-refractivity contribution in [3.8, 4) is 6.07 Å². The molecule has 2 unspecified atom stereocenters. The number of nitrogens with zero attached hydrogens (tertiary/aromatic N) is 6. The number of anilines is 2. The molecule has 2 aliphatic heterocycles. The van der Waals surface area contributed by atoms with E-state index < -0.39 is 28.3 Å². The van der Waals surface area contributed by atoms with Crippen LogP contribution < -0.4 is 9.80 Å². The second-order valence-electron chi connectivity index (χ2n) is 11.5. The zero-order valence-corrected chi connectivity index (χ0v) is 23.9. The third-order valence-corrected chi connectivity index (χ3v) is 8.51. The number of carbonyl (C=O) groups is 2. The van der Waals surface area contributed by atoms with Crippen LogP contribution in [0.5, 0.6) is 0 Å². The third-order valence-electron chi connectivity index (χ3n) is 7.81. The van der Waals surface area contributed by atoms with E-state index in [1.54, 1.807) is 16.1 Å². The highest BCUT2D eigenvalue weighted by Gasteiger charge is 2.52. The predicted molar refractivity (Wildman–Crippen MR) is 147 cm³/mol. The molecule has 3 heterocycles. The molecule has 5 rings (SSSR count). The van der Waals surface area contributed by atoms with Gasteiger partial charge in [0.15, 0.2) is 0 Å². The summed E-state index contributed by atoms with van der Waals surface area (Å²) in [6.45, 7) is 6.69. The molecule has 1 spiro atoms. The summed E-state index contributed by atoms with van der Waals surface area (Å²) in [4.78, 5) is 41.3. The van der Waals surface area contributed by atoms with E-state index in [-0.39, 0.29) is 23.5 Å². The van der Waals surface area contributed by atoms with E-state index in [0.717, 1.165) is 22.5 Å². The van der Waals surface area contributed by atoms with Crippen molar-refractivity contribution in [2.75, 3.05) is 42.7 Å². The number of hydrogen-bond donors (Lipinski definition) is 0. The molecular formula is C28H34N6O4S. The molecule has 3 atom stereocenters. The average Bonchev–Trinajstić information content (AvgIpc) is 3.09. The molecule has 3 aliphatic rings. The average molecular weight is 551 g/mol. The highest BCUT2D eigenvalue weighted by molar-refractivity contribution is 7.90. The van der Waals surface area contributed by atoms with Crippen LogP contribution in [0.4, 0.5) is 16.3 Å². The summed E-state index contributed by atoms with van der Waals surface area (Å²) in [6, 6.07) is 9.70. The van der Waals surface area contributed by atoms with Gasteiger partial charge < -0.3 is 24.0 Å². The second-order valence-corrected chi connectivity index (χ2v) is 12.8. The first-order valence-electron chi connectivity index (χ1n) is 13.2. The summed E-state index contributed by atoms with van der Waals surface area (Å²) in [6.07, 6.45) is 2.87. The Balaban J connectivity index is 1.50. The minimum Gasteiger partial charge on any atom is -0.609 e. The predicted octanol–water partition coefficient (Wildman–Crippen LogP) is 2.96. The Morgan fingerprint density at radius 2 is 2.03 bits per heavy atom. The highest BCUT2D eigenvalue weighted by Crippen LogP contribution is 2.49. The van der Waals surface area contributed by atoms with Crippen LogP contribution in [0, 0.1) is 11.3 Å². The van der Waals surface area contributed by atoms with Crippen molar-refractivity contribution in [2.45, 2.75) is 68.7 Å². The van der Waals surface area contributed by atoms with E-state index in [2.05, 4.69) is 11.0 Å². The smallest absolute Gasteiger partial charge is 0.410 e. The lowest BCUT2D eigenvalue weighted by atomic mass is 9.69. The zero-order chi connectivity index (χ0) is 28.1. The van der Waals surface area contributed by atoms with Crippen LogP contribution in [0.15, 0.2) is 29.4 Å². The summed E-state index contributed by atoms with van der Waals surface area (Å²) < 4.78 is 18.2. The van der Waals surface area contributed by atoms with Crippen molar-refractivity contribution in [3.05, 3.63) is 41.1 Å². The van der Waals surface area contributed by atoms with Crippen LogP contribution >= 0.6 is 0 Å². The number of ether oxygens (including phenoxy) is 1. The first kappa shape index (κ1) is 27.2. The number of rotatable bonds is 3. The molecule has 1 aliphatic carbocycles. The van der Waals surface area contributed by atoms with Crippen molar-refractivity contribution in [2.24, 2.45) is 0 Å². The monoisotopic (exact) mass is 550 g/mol. The van der Waals surface area contributed by atoms with E-state index in [1.165, 1.54) is 0 Å². The number of hydrogen-bond acceptors (Lipinski definition) is 8. The fraction of sp³-hybridized carbons (Fsp3) is 0.536. The number of carbonyl (C=O) groups excluding carboxylic acids is 2. The van der Waals surface area contributed by atoms with Crippen molar-refractivity contribution >= 4 is 34.7 Å². The Labute approximate surface area is 232 Å². The highest BCUT2D eigenvalue weighted by atomic mass is 32.2. The molecule has 206 valence electrons. The first-order chi connectivity index (χ1) is 18.4. The SMILES string of the molecule is CN1C(=O)C2(CCc3c(nc([S+](C)[O-])nc3N3CCN(C(=O)OC(C)(C)C)[C@@H](CC#N)C3)C2)c2ccccc21. The number of para-hydroxylation sites is 1. The molecule has 2 amide bonds. The van der Waals surface area contributed by atoms with E-state index >= 15 is 0 Å². The quantitative estimate of drug-likeness (QED) is 0.422. The molecular weight excluding hydrogens is 516 g/mol. The molecule has 11 heteroatoms. The van der Waals surface area contributed by atoms with Crippen molar-refractivity contribution < 1.29 is 18.9 Å². The fourth-order valence-corrected chi connectivity index (χ4v) is 6.47. The van der Waals surface area contributed by atoms with Gasteiger partial charge in [-0.15, -0.1) is 0 Å². The Kier molecular flexibility index (Phi) is 6.97. The number of piperazine rings is 1. The van der Waals surface area contributed by atoms with Crippen LogP contribution in [-0.2, 0) is 39.0 Å². The summed E-state index contributed by atoms with van der Waals surface area (Å²) in [5.41, 5.74) is 2.24. The van der Waals surface area contributed by atoms with Gasteiger partial charge in [0.2, 0.25) is 5.91 Å². The van der Waals surface area contributed by atoms with Gasteiger partial charge in [-0.3, -0.25) is 4.79 Å². The van der Waals surface area contributed by atoms with Gasteiger partial charge in [0.25, 0.3) is 0 Å². The van der Waals surface area contributed by atoms with Crippen LogP contribution in [0.1, 0.15) is 50.4 Å². The van der Waals surface area contributed by atoms with E-state index in [9.17, 15) is 19.4 Å². The van der Waals surface area contributed by atoms with E-state index in [1.807, 2.05) is 52.1 Å². The van der Waals surface area contributed by atoms with Crippen LogP contribution in [0.2, 0.25) is 0 Å². The molecule has 0 radical (unpaired) electrons. The summed E-state index contributed by atoms with van der Waals surface area (Å²) in [5, 5.41) is 9.73. The van der Waals surface area contributed by atoms with Gasteiger partial charge >= 0.3 is 11.2 Å². The largest absolute Gasteiger partial charge is 0.609 e. The normalized spacial score (nSPS) is 23.4. The lowest BCUT2D eigenvalue weighted by Gasteiger charge is -2.42. The topological polar surface area (TPSA) is 126 Å². The van der Waals surface area contributed by atoms with Gasteiger partial charge in [-0.25, -0.2) is 4.79 Å². The molecule has 2 aromatic rings. The summed E-state index contributed by atoms with van der Waals surface area (Å²) in [5.74, 6) is 0.729. The van der Waals surface area contributed by atoms with Gasteiger partial charge in [-0.05, 0) is 45.2 Å². The van der Waals surface area contributed by atoms with Crippen LogP contribution in [0.3, 0.4) is 0 Å². The number of likely N-dealkylation sites (N-methyl/N-ethyl adjacent to an activating group) is 1. The summed E-state index contributed by atoms with van der Waals surface area (Å²) in [7, 11) is 1.81. The van der Waals surface area contributed by atoms with Gasteiger partial charge in [0.05, 0.1) is 29.6 Å². The Bertz CT molecular complexity index is 1350. The zero-order valence-electron chi connectivity index (χ0n) is 23.1. The number of fused-ring (bicyclic) bond motifs is 3. The maximum atomic E-state index is 13.6.